The van der Waals surface area contributed by atoms with Crippen molar-refractivity contribution in [3.05, 3.63) is 78.1 Å². The van der Waals surface area contributed by atoms with E-state index in [0.29, 0.717) is 0 Å². The smallest absolute Gasteiger partial charge is 0.0707 e. The molecule has 0 saturated heterocycles. The van der Waals surface area contributed by atoms with Gasteiger partial charge in [0.05, 0.1) is 5.52 Å². The van der Waals surface area contributed by atoms with E-state index in [0.717, 1.165) is 11.0 Å². The number of aromatic nitrogens is 2. The number of H-pyrrole nitrogens is 1. The maximum absolute atomic E-state index is 4.40. The fourth-order valence-corrected chi connectivity index (χ4v) is 2.67. The van der Waals surface area contributed by atoms with Crippen molar-refractivity contribution >= 4 is 34.0 Å². The lowest BCUT2D eigenvalue weighted by molar-refractivity contribution is 1.41. The molecule has 0 aliphatic heterocycles. The quantitative estimate of drug-likeness (QED) is 0.552. The Balaban J connectivity index is 1.81. The summed E-state index contributed by atoms with van der Waals surface area (Å²) in [6.45, 7) is 0. The van der Waals surface area contributed by atoms with Crippen LogP contribution in [0.1, 0.15) is 11.1 Å². The summed E-state index contributed by atoms with van der Waals surface area (Å²) in [5.74, 6) is 0. The van der Waals surface area contributed by atoms with Gasteiger partial charge in [-0.3, -0.25) is 4.98 Å². The maximum Gasteiger partial charge on any atom is 0.0707 e. The van der Waals surface area contributed by atoms with Crippen molar-refractivity contribution in [2.75, 3.05) is 0 Å². The first-order valence-corrected chi connectivity index (χ1v) is 7.00. The molecule has 2 aromatic carbocycles. The number of hydrogen-bond donors (Lipinski definition) is 1. The first-order chi connectivity index (χ1) is 10.4. The summed E-state index contributed by atoms with van der Waals surface area (Å²) < 4.78 is 0. The van der Waals surface area contributed by atoms with Crippen LogP contribution in [0.5, 0.6) is 0 Å². The Morgan fingerprint density at radius 1 is 0.762 bits per heavy atom. The Morgan fingerprint density at radius 2 is 1.52 bits per heavy atom. The molecule has 2 heteroatoms. The number of hydrogen-bond acceptors (Lipinski definition) is 1. The second kappa shape index (κ2) is 4.91. The van der Waals surface area contributed by atoms with Gasteiger partial charge in [-0.25, -0.2) is 0 Å². The van der Waals surface area contributed by atoms with Gasteiger partial charge in [-0.05, 0) is 29.3 Å². The molecule has 0 aliphatic carbocycles. The summed E-state index contributed by atoms with van der Waals surface area (Å²) in [4.78, 5) is 7.69. The van der Waals surface area contributed by atoms with Crippen molar-refractivity contribution in [3.8, 4) is 0 Å². The van der Waals surface area contributed by atoms with E-state index in [4.69, 9.17) is 0 Å². The molecule has 1 N–H and O–H groups in total. The van der Waals surface area contributed by atoms with Crippen LogP contribution in [0.15, 0.2) is 67.0 Å². The first-order valence-electron chi connectivity index (χ1n) is 7.00. The van der Waals surface area contributed by atoms with Gasteiger partial charge in [-0.2, -0.15) is 0 Å². The number of para-hydroxylation sites is 2. The number of nitrogens with one attached hydrogen (secondary N) is 1. The SMILES string of the molecule is C(=C/c1c[nH]c2ccccc12)/c1ccnc2ccccc12. The van der Waals surface area contributed by atoms with Crippen molar-refractivity contribution in [1.29, 1.82) is 0 Å². The summed E-state index contributed by atoms with van der Waals surface area (Å²) in [7, 11) is 0. The molecule has 4 aromatic rings. The van der Waals surface area contributed by atoms with Gasteiger partial charge in [-0.1, -0.05) is 48.6 Å². The zero-order valence-corrected chi connectivity index (χ0v) is 11.5. The number of benzene rings is 2. The van der Waals surface area contributed by atoms with Crippen LogP contribution in [0, 0.1) is 0 Å². The molecule has 2 aromatic heterocycles. The summed E-state index contributed by atoms with van der Waals surface area (Å²) >= 11 is 0. The van der Waals surface area contributed by atoms with Crippen LogP contribution in [-0.2, 0) is 0 Å². The van der Waals surface area contributed by atoms with Gasteiger partial charge in [0.15, 0.2) is 0 Å². The monoisotopic (exact) mass is 270 g/mol. The standard InChI is InChI=1S/C19H14N2/c1-3-7-18-16(5-1)14(11-12-20-18)9-10-15-13-21-19-8-4-2-6-17(15)19/h1-13,21H/b10-9-. The number of pyridine rings is 1. The molecule has 21 heavy (non-hydrogen) atoms. The number of nitrogens with zero attached hydrogens (tertiary/aromatic N) is 1. The summed E-state index contributed by atoms with van der Waals surface area (Å²) in [6.07, 6.45) is 8.21. The summed E-state index contributed by atoms with van der Waals surface area (Å²) in [5, 5.41) is 2.42. The van der Waals surface area contributed by atoms with E-state index in [1.807, 2.05) is 42.7 Å². The van der Waals surface area contributed by atoms with Crippen LogP contribution < -0.4 is 0 Å². The van der Waals surface area contributed by atoms with Crippen LogP contribution in [-0.4, -0.2) is 9.97 Å². The molecule has 0 spiro atoms. The largest absolute Gasteiger partial charge is 0.361 e. The van der Waals surface area contributed by atoms with E-state index < -0.39 is 0 Å². The van der Waals surface area contributed by atoms with Gasteiger partial charge in [-0.15, -0.1) is 0 Å². The highest BCUT2D eigenvalue weighted by Crippen LogP contribution is 2.22. The predicted molar refractivity (Wildman–Crippen MR) is 89.0 cm³/mol. The molecular weight excluding hydrogens is 256 g/mol. The number of fused-ring (bicyclic) bond motifs is 2. The van der Waals surface area contributed by atoms with Crippen LogP contribution in [0.3, 0.4) is 0 Å². The van der Waals surface area contributed by atoms with Crippen LogP contribution in [0.25, 0.3) is 34.0 Å². The van der Waals surface area contributed by atoms with E-state index in [1.54, 1.807) is 0 Å². The molecule has 0 saturated carbocycles. The number of aromatic amines is 1. The number of rotatable bonds is 2. The zero-order chi connectivity index (χ0) is 14.1. The van der Waals surface area contributed by atoms with Crippen LogP contribution in [0.2, 0.25) is 0 Å². The van der Waals surface area contributed by atoms with Gasteiger partial charge in [0.25, 0.3) is 0 Å². The van der Waals surface area contributed by atoms with Gasteiger partial charge >= 0.3 is 0 Å². The summed E-state index contributed by atoms with van der Waals surface area (Å²) in [6, 6.07) is 18.6. The normalized spacial score (nSPS) is 11.6. The van der Waals surface area contributed by atoms with Crippen molar-refractivity contribution in [1.82, 2.24) is 9.97 Å². The van der Waals surface area contributed by atoms with Crippen LogP contribution in [0.4, 0.5) is 0 Å². The third-order valence-electron chi connectivity index (χ3n) is 3.75. The Hall–Kier alpha value is -2.87. The third-order valence-corrected chi connectivity index (χ3v) is 3.75. The lowest BCUT2D eigenvalue weighted by atomic mass is 10.1. The Morgan fingerprint density at radius 3 is 2.48 bits per heavy atom. The Bertz CT molecular complexity index is 943. The van der Waals surface area contributed by atoms with E-state index in [-0.39, 0.29) is 0 Å². The van der Waals surface area contributed by atoms with Crippen LogP contribution >= 0.6 is 0 Å². The highest BCUT2D eigenvalue weighted by Gasteiger charge is 2.00. The van der Waals surface area contributed by atoms with E-state index >= 15 is 0 Å². The van der Waals surface area contributed by atoms with E-state index in [2.05, 4.69) is 46.4 Å². The lowest BCUT2D eigenvalue weighted by Crippen LogP contribution is -1.81. The molecule has 0 bridgehead atoms. The third kappa shape index (κ3) is 2.11. The molecule has 0 aliphatic rings. The van der Waals surface area contributed by atoms with Gasteiger partial charge < -0.3 is 4.98 Å². The molecule has 4 rings (SSSR count). The average Bonchev–Trinajstić information content (AvgIpc) is 2.96. The van der Waals surface area contributed by atoms with E-state index in [1.165, 1.54) is 21.9 Å². The molecule has 0 unspecified atom stereocenters. The fraction of sp³-hybridized carbons (Fsp3) is 0. The minimum atomic E-state index is 1.03. The second-order valence-corrected chi connectivity index (χ2v) is 5.04. The minimum Gasteiger partial charge on any atom is -0.361 e. The molecule has 0 fully saturated rings. The highest BCUT2D eigenvalue weighted by atomic mass is 14.7. The van der Waals surface area contributed by atoms with E-state index in [9.17, 15) is 0 Å². The molecular formula is C19H14N2. The molecule has 0 radical (unpaired) electrons. The van der Waals surface area contributed by atoms with Gasteiger partial charge in [0.2, 0.25) is 0 Å². The average molecular weight is 270 g/mol. The molecule has 0 amide bonds. The van der Waals surface area contributed by atoms with Crippen molar-refractivity contribution in [3.63, 3.8) is 0 Å². The Labute approximate surface area is 122 Å². The van der Waals surface area contributed by atoms with Crippen molar-refractivity contribution in [2.45, 2.75) is 0 Å². The van der Waals surface area contributed by atoms with Gasteiger partial charge in [0.1, 0.15) is 0 Å². The van der Waals surface area contributed by atoms with Gasteiger partial charge in [0, 0.05) is 28.7 Å². The first kappa shape index (κ1) is 11.9. The molecule has 2 nitrogen and oxygen atoms in total. The topological polar surface area (TPSA) is 28.7 Å². The highest BCUT2D eigenvalue weighted by molar-refractivity contribution is 5.95. The zero-order valence-electron chi connectivity index (χ0n) is 11.5. The lowest BCUT2D eigenvalue weighted by Gasteiger charge is -2.00. The molecule has 2 heterocycles. The molecule has 100 valence electrons. The summed E-state index contributed by atoms with van der Waals surface area (Å²) in [5.41, 5.74) is 4.58. The minimum absolute atomic E-state index is 1.03. The second-order valence-electron chi connectivity index (χ2n) is 5.04. The fourth-order valence-electron chi connectivity index (χ4n) is 2.67. The van der Waals surface area contributed by atoms with Crippen molar-refractivity contribution in [2.24, 2.45) is 0 Å². The predicted octanol–water partition coefficient (Wildman–Crippen LogP) is 4.89. The molecule has 0 atom stereocenters. The van der Waals surface area contributed by atoms with Crippen molar-refractivity contribution < 1.29 is 0 Å². The Kier molecular flexibility index (Phi) is 2.79. The maximum atomic E-state index is 4.40.